The predicted molar refractivity (Wildman–Crippen MR) is 92.2 cm³/mol. The van der Waals surface area contributed by atoms with Crippen LogP contribution < -0.4 is 4.74 Å². The van der Waals surface area contributed by atoms with Gasteiger partial charge in [-0.25, -0.2) is 9.18 Å². The molecule has 1 aromatic heterocycles. The Labute approximate surface area is 144 Å². The maximum Gasteiger partial charge on any atom is 0.337 e. The van der Waals surface area contributed by atoms with Crippen molar-refractivity contribution in [2.24, 2.45) is 0 Å². The van der Waals surface area contributed by atoms with Crippen molar-refractivity contribution in [3.8, 4) is 22.8 Å². The Morgan fingerprint density at radius 3 is 2.16 bits per heavy atom. The smallest absolute Gasteiger partial charge is 0.337 e. The van der Waals surface area contributed by atoms with Crippen molar-refractivity contribution in [1.82, 2.24) is 4.98 Å². The Morgan fingerprint density at radius 1 is 0.960 bits per heavy atom. The highest BCUT2D eigenvalue weighted by Crippen LogP contribution is 2.26. The van der Waals surface area contributed by atoms with Crippen LogP contribution in [0.3, 0.4) is 0 Å². The van der Waals surface area contributed by atoms with Gasteiger partial charge in [0.15, 0.2) is 0 Å². The molecule has 0 N–H and O–H groups in total. The van der Waals surface area contributed by atoms with Crippen LogP contribution in [0, 0.1) is 12.7 Å². The number of esters is 1. The second kappa shape index (κ2) is 7.13. The van der Waals surface area contributed by atoms with Gasteiger partial charge in [0.1, 0.15) is 17.3 Å². The van der Waals surface area contributed by atoms with E-state index in [0.29, 0.717) is 22.8 Å². The van der Waals surface area contributed by atoms with Crippen LogP contribution in [0.5, 0.6) is 11.5 Å². The number of pyridine rings is 1. The lowest BCUT2D eigenvalue weighted by Crippen LogP contribution is -2.03. The number of carbonyl (C=O) groups excluding carboxylic acids is 1. The van der Waals surface area contributed by atoms with E-state index in [2.05, 4.69) is 4.98 Å². The molecule has 2 aromatic carbocycles. The molecule has 3 aromatic rings. The number of hydrogen-bond acceptors (Lipinski definition) is 4. The molecule has 5 heteroatoms. The molecular formula is C20H16FNO3. The average molecular weight is 337 g/mol. The largest absolute Gasteiger partial charge is 0.465 e. The van der Waals surface area contributed by atoms with Crippen LogP contribution in [0.2, 0.25) is 0 Å². The monoisotopic (exact) mass is 337 g/mol. The molecule has 3 rings (SSSR count). The van der Waals surface area contributed by atoms with Gasteiger partial charge in [0.2, 0.25) is 0 Å². The molecule has 126 valence electrons. The van der Waals surface area contributed by atoms with Gasteiger partial charge in [0.05, 0.1) is 18.4 Å². The molecule has 0 atom stereocenters. The topological polar surface area (TPSA) is 48.4 Å². The number of rotatable bonds is 4. The summed E-state index contributed by atoms with van der Waals surface area (Å²) in [5.74, 6) is 0.463. The van der Waals surface area contributed by atoms with Gasteiger partial charge in [-0.05, 0) is 67.6 Å². The molecule has 25 heavy (non-hydrogen) atoms. The fourth-order valence-corrected chi connectivity index (χ4v) is 2.38. The number of ether oxygens (including phenoxy) is 2. The van der Waals surface area contributed by atoms with Crippen LogP contribution in [-0.4, -0.2) is 18.1 Å². The van der Waals surface area contributed by atoms with E-state index in [-0.39, 0.29) is 5.82 Å². The average Bonchev–Trinajstić information content (AvgIpc) is 2.63. The number of nitrogens with zero attached hydrogens (tertiary/aromatic N) is 1. The Kier molecular flexibility index (Phi) is 4.75. The van der Waals surface area contributed by atoms with Crippen molar-refractivity contribution in [3.63, 3.8) is 0 Å². The van der Waals surface area contributed by atoms with Gasteiger partial charge in [-0.3, -0.25) is 4.98 Å². The summed E-state index contributed by atoms with van der Waals surface area (Å²) in [4.78, 5) is 16.2. The van der Waals surface area contributed by atoms with Crippen molar-refractivity contribution in [1.29, 1.82) is 0 Å². The number of methoxy groups -OCH3 is 1. The normalized spacial score (nSPS) is 10.4. The highest BCUT2D eigenvalue weighted by atomic mass is 19.1. The quantitative estimate of drug-likeness (QED) is 0.643. The molecule has 0 aliphatic heterocycles. The van der Waals surface area contributed by atoms with Crippen molar-refractivity contribution >= 4 is 5.97 Å². The van der Waals surface area contributed by atoms with Crippen molar-refractivity contribution in [2.75, 3.05) is 7.11 Å². The minimum atomic E-state index is -0.400. The van der Waals surface area contributed by atoms with E-state index >= 15 is 0 Å². The molecule has 1 heterocycles. The van der Waals surface area contributed by atoms with Gasteiger partial charge < -0.3 is 9.47 Å². The minimum Gasteiger partial charge on any atom is -0.465 e. The van der Waals surface area contributed by atoms with Gasteiger partial charge in [0, 0.05) is 11.3 Å². The number of halogens is 1. The first-order chi connectivity index (χ1) is 12.0. The number of aromatic nitrogens is 1. The van der Waals surface area contributed by atoms with E-state index in [1.165, 1.54) is 19.2 Å². The summed E-state index contributed by atoms with van der Waals surface area (Å²) in [6.07, 6.45) is 0. The van der Waals surface area contributed by atoms with Crippen molar-refractivity contribution in [2.45, 2.75) is 6.92 Å². The molecule has 0 unspecified atom stereocenters. The van der Waals surface area contributed by atoms with E-state index in [4.69, 9.17) is 9.47 Å². The summed E-state index contributed by atoms with van der Waals surface area (Å²) in [7, 11) is 1.35. The highest BCUT2D eigenvalue weighted by molar-refractivity contribution is 5.90. The zero-order chi connectivity index (χ0) is 17.8. The summed E-state index contributed by atoms with van der Waals surface area (Å²) >= 11 is 0. The molecule has 0 saturated heterocycles. The van der Waals surface area contributed by atoms with Crippen LogP contribution in [-0.2, 0) is 4.74 Å². The third-order valence-electron chi connectivity index (χ3n) is 3.57. The number of hydrogen-bond donors (Lipinski definition) is 0. The highest BCUT2D eigenvalue weighted by Gasteiger charge is 2.10. The van der Waals surface area contributed by atoms with E-state index in [1.807, 2.05) is 19.1 Å². The molecule has 0 aliphatic rings. The number of aryl methyl sites for hydroxylation is 1. The van der Waals surface area contributed by atoms with Crippen molar-refractivity contribution < 1.29 is 18.7 Å². The van der Waals surface area contributed by atoms with Crippen LogP contribution >= 0.6 is 0 Å². The third kappa shape index (κ3) is 4.01. The van der Waals surface area contributed by atoms with Crippen molar-refractivity contribution in [3.05, 3.63) is 77.7 Å². The van der Waals surface area contributed by atoms with E-state index in [0.717, 1.165) is 11.3 Å². The summed E-state index contributed by atoms with van der Waals surface area (Å²) in [5, 5.41) is 0. The molecule has 0 amide bonds. The molecule has 0 bridgehead atoms. The van der Waals surface area contributed by atoms with E-state index in [9.17, 15) is 9.18 Å². The van der Waals surface area contributed by atoms with Crippen LogP contribution in [0.4, 0.5) is 4.39 Å². The first-order valence-corrected chi connectivity index (χ1v) is 7.66. The lowest BCUT2D eigenvalue weighted by atomic mass is 10.1. The second-order valence-corrected chi connectivity index (χ2v) is 5.45. The molecule has 4 nitrogen and oxygen atoms in total. The lowest BCUT2D eigenvalue weighted by Gasteiger charge is -2.08. The fraction of sp³-hybridized carbons (Fsp3) is 0.100. The Balaban J connectivity index is 1.83. The molecular weight excluding hydrogens is 321 g/mol. The molecule has 0 saturated carbocycles. The molecule has 0 spiro atoms. The minimum absolute atomic E-state index is 0.311. The molecule has 0 fully saturated rings. The third-order valence-corrected chi connectivity index (χ3v) is 3.57. The summed E-state index contributed by atoms with van der Waals surface area (Å²) in [6, 6.07) is 16.5. The Bertz CT molecular complexity index is 890. The van der Waals surface area contributed by atoms with Gasteiger partial charge in [-0.15, -0.1) is 0 Å². The molecule has 0 radical (unpaired) electrons. The standard InChI is InChI=1S/C20H16FNO3/c1-13-11-15(20(23)24-2)12-19(22-13)14-3-7-17(8-4-14)25-18-9-5-16(21)6-10-18/h3-12H,1-2H3. The Hall–Kier alpha value is -3.21. The fourth-order valence-electron chi connectivity index (χ4n) is 2.38. The first kappa shape index (κ1) is 16.6. The van der Waals surface area contributed by atoms with Gasteiger partial charge >= 0.3 is 5.97 Å². The summed E-state index contributed by atoms with van der Waals surface area (Å²) in [5.41, 5.74) is 2.70. The number of carbonyl (C=O) groups is 1. The predicted octanol–water partition coefficient (Wildman–Crippen LogP) is 4.78. The van der Waals surface area contributed by atoms with Gasteiger partial charge in [0.25, 0.3) is 0 Å². The zero-order valence-corrected chi connectivity index (χ0v) is 13.8. The molecule has 0 aliphatic carbocycles. The van der Waals surface area contributed by atoms with E-state index in [1.54, 1.807) is 36.4 Å². The first-order valence-electron chi connectivity index (χ1n) is 7.66. The second-order valence-electron chi connectivity index (χ2n) is 5.45. The summed E-state index contributed by atoms with van der Waals surface area (Å²) < 4.78 is 23.3. The van der Waals surface area contributed by atoms with Crippen LogP contribution in [0.15, 0.2) is 60.7 Å². The van der Waals surface area contributed by atoms with Gasteiger partial charge in [-0.2, -0.15) is 0 Å². The van der Waals surface area contributed by atoms with Gasteiger partial charge in [-0.1, -0.05) is 0 Å². The maximum atomic E-state index is 12.9. The summed E-state index contributed by atoms with van der Waals surface area (Å²) in [6.45, 7) is 1.82. The SMILES string of the molecule is COC(=O)c1cc(C)nc(-c2ccc(Oc3ccc(F)cc3)cc2)c1. The number of benzene rings is 2. The van der Waals surface area contributed by atoms with Crippen LogP contribution in [0.25, 0.3) is 11.3 Å². The zero-order valence-electron chi connectivity index (χ0n) is 13.8. The maximum absolute atomic E-state index is 12.9. The lowest BCUT2D eigenvalue weighted by molar-refractivity contribution is 0.0600. The van der Waals surface area contributed by atoms with Crippen LogP contribution in [0.1, 0.15) is 16.1 Å². The Morgan fingerprint density at radius 2 is 1.56 bits per heavy atom. The van der Waals surface area contributed by atoms with E-state index < -0.39 is 5.97 Å².